The Morgan fingerprint density at radius 1 is 1.10 bits per heavy atom. The van der Waals surface area contributed by atoms with E-state index in [9.17, 15) is 18.0 Å². The summed E-state index contributed by atoms with van der Waals surface area (Å²) in [7, 11) is -1.77. The minimum atomic E-state index is -4.11. The first-order valence-corrected chi connectivity index (χ1v) is 10.8. The summed E-state index contributed by atoms with van der Waals surface area (Å²) in [5, 5.41) is 2.77. The summed E-state index contributed by atoms with van der Waals surface area (Å²) in [5.41, 5.74) is 0.127. The number of ether oxygens (including phenoxy) is 1. The van der Waals surface area contributed by atoms with Gasteiger partial charge in [0.2, 0.25) is 0 Å². The van der Waals surface area contributed by atoms with Crippen LogP contribution in [0.5, 0.6) is 0 Å². The van der Waals surface area contributed by atoms with E-state index in [1.165, 1.54) is 32.2 Å². The second-order valence-corrected chi connectivity index (χ2v) is 8.98. The number of hydrogen-bond acceptors (Lipinski definition) is 6. The summed E-state index contributed by atoms with van der Waals surface area (Å²) < 4.78 is 30.6. The molecule has 0 aliphatic rings. The van der Waals surface area contributed by atoms with Crippen LogP contribution in [0.4, 0.5) is 5.69 Å². The van der Waals surface area contributed by atoms with Crippen molar-refractivity contribution in [1.82, 2.24) is 4.47 Å². The predicted octanol–water partition coefficient (Wildman–Crippen LogP) is 4.01. The molecule has 0 heterocycles. The Hall–Kier alpha value is -1.88. The van der Waals surface area contributed by atoms with Crippen molar-refractivity contribution in [3.8, 4) is 0 Å². The lowest BCUT2D eigenvalue weighted by Crippen LogP contribution is -2.30. The first-order valence-electron chi connectivity index (χ1n) is 8.27. The number of hydroxylamine groups is 1. The van der Waals surface area contributed by atoms with Crippen LogP contribution >= 0.6 is 34.8 Å². The van der Waals surface area contributed by atoms with Gasteiger partial charge in [-0.2, -0.15) is 0 Å². The zero-order valence-electron chi connectivity index (χ0n) is 16.0. The fraction of sp³-hybridized carbons (Fsp3) is 0.222. The van der Waals surface area contributed by atoms with Crippen molar-refractivity contribution < 1.29 is 27.6 Å². The standard InChI is InChI=1S/C18H17Cl3N2O6S/c1-10(17(24)22-14-6-4-5-13(20)16(14)21)29-18(25)11-7-8-12(19)15(9-11)30(26,27)23(2)28-3/h4-10H,1-3H3,(H,22,24). The van der Waals surface area contributed by atoms with Crippen molar-refractivity contribution in [3.05, 3.63) is 57.0 Å². The number of nitrogens with zero attached hydrogens (tertiary/aromatic N) is 1. The smallest absolute Gasteiger partial charge is 0.338 e. The summed E-state index contributed by atoms with van der Waals surface area (Å²) in [4.78, 5) is 29.1. The van der Waals surface area contributed by atoms with E-state index in [1.54, 1.807) is 12.1 Å². The molecule has 0 saturated heterocycles. The minimum absolute atomic E-state index is 0.114. The maximum atomic E-state index is 12.4. The lowest BCUT2D eigenvalue weighted by atomic mass is 10.2. The van der Waals surface area contributed by atoms with E-state index in [2.05, 4.69) is 5.32 Å². The molecule has 12 heteroatoms. The first-order chi connectivity index (χ1) is 14.0. The molecule has 0 aromatic heterocycles. The van der Waals surface area contributed by atoms with Crippen molar-refractivity contribution in [2.24, 2.45) is 0 Å². The van der Waals surface area contributed by atoms with Gasteiger partial charge in [-0.05, 0) is 37.3 Å². The van der Waals surface area contributed by atoms with Crippen LogP contribution in [0.3, 0.4) is 0 Å². The number of sulfonamides is 1. The Morgan fingerprint density at radius 2 is 1.77 bits per heavy atom. The highest BCUT2D eigenvalue weighted by Gasteiger charge is 2.27. The summed E-state index contributed by atoms with van der Waals surface area (Å²) in [6.07, 6.45) is -1.22. The lowest BCUT2D eigenvalue weighted by molar-refractivity contribution is -0.123. The second-order valence-electron chi connectivity index (χ2n) is 5.88. The first kappa shape index (κ1) is 24.4. The van der Waals surface area contributed by atoms with E-state index in [0.29, 0.717) is 4.47 Å². The van der Waals surface area contributed by atoms with E-state index in [4.69, 9.17) is 44.4 Å². The molecule has 2 aromatic rings. The molecule has 8 nitrogen and oxygen atoms in total. The highest BCUT2D eigenvalue weighted by atomic mass is 35.5. The van der Waals surface area contributed by atoms with Gasteiger partial charge in [-0.15, -0.1) is 0 Å². The molecule has 0 aliphatic carbocycles. The van der Waals surface area contributed by atoms with Crippen LogP contribution in [-0.2, 0) is 24.4 Å². The molecule has 162 valence electrons. The van der Waals surface area contributed by atoms with E-state index in [-0.39, 0.29) is 31.2 Å². The number of halogens is 3. The Bertz CT molecular complexity index is 1080. The molecule has 0 bridgehead atoms. The Balaban J connectivity index is 2.18. The quantitative estimate of drug-likeness (QED) is 0.460. The van der Waals surface area contributed by atoms with Gasteiger partial charge in [0, 0.05) is 7.05 Å². The van der Waals surface area contributed by atoms with Gasteiger partial charge in [0.25, 0.3) is 15.9 Å². The van der Waals surface area contributed by atoms with E-state index in [0.717, 1.165) is 13.2 Å². The summed E-state index contributed by atoms with van der Waals surface area (Å²) in [6, 6.07) is 8.21. The van der Waals surface area contributed by atoms with Crippen molar-refractivity contribution >= 4 is 62.4 Å². The van der Waals surface area contributed by atoms with Crippen LogP contribution in [0, 0.1) is 0 Å². The predicted molar refractivity (Wildman–Crippen MR) is 113 cm³/mol. The summed E-state index contributed by atoms with van der Waals surface area (Å²) >= 11 is 17.9. The average molecular weight is 496 g/mol. The van der Waals surface area contributed by atoms with Crippen molar-refractivity contribution in [1.29, 1.82) is 0 Å². The molecular weight excluding hydrogens is 479 g/mol. The molecule has 1 unspecified atom stereocenters. The molecule has 2 rings (SSSR count). The SMILES string of the molecule is CON(C)S(=O)(=O)c1cc(C(=O)OC(C)C(=O)Nc2cccc(Cl)c2Cl)ccc1Cl. The van der Waals surface area contributed by atoms with Crippen LogP contribution in [0.15, 0.2) is 41.3 Å². The second kappa shape index (κ2) is 9.95. The third-order valence-corrected chi connectivity index (χ3v) is 6.88. The number of carbonyl (C=O) groups is 2. The van der Waals surface area contributed by atoms with Gasteiger partial charge in [0.1, 0.15) is 4.90 Å². The number of amides is 1. The van der Waals surface area contributed by atoms with Crippen LogP contribution in [0.1, 0.15) is 17.3 Å². The lowest BCUT2D eigenvalue weighted by Gasteiger charge is -2.17. The highest BCUT2D eigenvalue weighted by Crippen LogP contribution is 2.30. The molecule has 0 fully saturated rings. The maximum Gasteiger partial charge on any atom is 0.338 e. The van der Waals surface area contributed by atoms with Crippen LogP contribution < -0.4 is 5.32 Å². The molecule has 0 radical (unpaired) electrons. The Labute approximate surface area is 188 Å². The number of anilines is 1. The Morgan fingerprint density at radius 3 is 2.40 bits per heavy atom. The summed E-state index contributed by atoms with van der Waals surface area (Å²) in [5.74, 6) is -1.59. The van der Waals surface area contributed by atoms with Crippen LogP contribution in [0.25, 0.3) is 0 Å². The van der Waals surface area contributed by atoms with Gasteiger partial charge in [0.15, 0.2) is 6.10 Å². The van der Waals surface area contributed by atoms with Crippen molar-refractivity contribution in [3.63, 3.8) is 0 Å². The fourth-order valence-corrected chi connectivity index (χ4v) is 4.00. The van der Waals surface area contributed by atoms with Crippen molar-refractivity contribution in [2.75, 3.05) is 19.5 Å². The van der Waals surface area contributed by atoms with E-state index < -0.39 is 28.0 Å². The normalized spacial score (nSPS) is 12.5. The monoisotopic (exact) mass is 494 g/mol. The van der Waals surface area contributed by atoms with Crippen molar-refractivity contribution in [2.45, 2.75) is 17.9 Å². The fourth-order valence-electron chi connectivity index (χ4n) is 2.18. The third-order valence-electron chi connectivity index (χ3n) is 3.90. The van der Waals surface area contributed by atoms with Gasteiger partial charge in [-0.25, -0.2) is 13.2 Å². The molecule has 0 spiro atoms. The number of hydrogen-bond donors (Lipinski definition) is 1. The molecule has 1 atom stereocenters. The molecule has 0 aliphatic heterocycles. The molecule has 30 heavy (non-hydrogen) atoms. The Kier molecular flexibility index (Phi) is 8.09. The minimum Gasteiger partial charge on any atom is -0.449 e. The zero-order valence-corrected chi connectivity index (χ0v) is 19.1. The molecular formula is C18H17Cl3N2O6S. The van der Waals surface area contributed by atoms with E-state index >= 15 is 0 Å². The summed E-state index contributed by atoms with van der Waals surface area (Å²) in [6.45, 7) is 1.35. The van der Waals surface area contributed by atoms with Gasteiger partial charge in [0.05, 0.1) is 33.4 Å². The average Bonchev–Trinajstić information content (AvgIpc) is 2.70. The van der Waals surface area contributed by atoms with Gasteiger partial charge in [-0.3, -0.25) is 9.63 Å². The van der Waals surface area contributed by atoms with Gasteiger partial charge < -0.3 is 10.1 Å². The largest absolute Gasteiger partial charge is 0.449 e. The molecule has 1 N–H and O–H groups in total. The number of esters is 1. The molecule has 2 aromatic carbocycles. The number of rotatable bonds is 7. The number of carbonyl (C=O) groups excluding carboxylic acids is 2. The highest BCUT2D eigenvalue weighted by molar-refractivity contribution is 7.89. The topological polar surface area (TPSA) is 102 Å². The maximum absolute atomic E-state index is 12.4. The zero-order chi connectivity index (χ0) is 22.6. The molecule has 0 saturated carbocycles. The van der Waals surface area contributed by atoms with E-state index in [1.807, 2.05) is 0 Å². The van der Waals surface area contributed by atoms with Gasteiger partial charge in [-0.1, -0.05) is 45.3 Å². The third kappa shape index (κ3) is 5.42. The number of benzene rings is 2. The van der Waals surface area contributed by atoms with Crippen LogP contribution in [0.2, 0.25) is 15.1 Å². The molecule has 1 amide bonds. The van der Waals surface area contributed by atoms with Gasteiger partial charge >= 0.3 is 5.97 Å². The number of nitrogens with one attached hydrogen (secondary N) is 1. The van der Waals surface area contributed by atoms with Crippen LogP contribution in [-0.4, -0.2) is 45.0 Å².